The Morgan fingerprint density at radius 1 is 1.14 bits per heavy atom. The number of carboxylic acids is 1. The Balaban J connectivity index is 1.99. The van der Waals surface area contributed by atoms with E-state index in [4.69, 9.17) is 4.74 Å². The van der Waals surface area contributed by atoms with Crippen LogP contribution >= 0.6 is 11.3 Å². The molecule has 0 aromatic carbocycles. The van der Waals surface area contributed by atoms with E-state index in [0.717, 1.165) is 49.9 Å². The SMILES string of the molecule is COC1CCN(C(=O)[C@H](C)N(C(=O)C2CCC(C)CC2)c2cc(C#CC(C)(C)C)sc2C(=O)O)CC1. The van der Waals surface area contributed by atoms with Crippen molar-refractivity contribution in [2.75, 3.05) is 25.1 Å². The number of carboxylic acid groups (broad SMARTS) is 1. The van der Waals surface area contributed by atoms with Gasteiger partial charge in [0.25, 0.3) is 0 Å². The Bertz CT molecular complexity index is 1010. The number of hydrogen-bond donors (Lipinski definition) is 1. The molecule has 8 heteroatoms. The highest BCUT2D eigenvalue weighted by atomic mass is 32.1. The van der Waals surface area contributed by atoms with Crippen molar-refractivity contribution in [2.45, 2.75) is 85.3 Å². The van der Waals surface area contributed by atoms with Crippen LogP contribution < -0.4 is 4.90 Å². The summed E-state index contributed by atoms with van der Waals surface area (Å²) >= 11 is 1.06. The molecule has 2 amide bonds. The number of methoxy groups -OCH3 is 1. The first-order valence-electron chi connectivity index (χ1n) is 13.0. The smallest absolute Gasteiger partial charge is 0.348 e. The molecule has 1 aliphatic carbocycles. The second-order valence-electron chi connectivity index (χ2n) is 11.2. The van der Waals surface area contributed by atoms with E-state index in [9.17, 15) is 19.5 Å². The largest absolute Gasteiger partial charge is 0.477 e. The van der Waals surface area contributed by atoms with E-state index in [1.165, 1.54) is 4.90 Å². The highest BCUT2D eigenvalue weighted by Gasteiger charge is 2.38. The lowest BCUT2D eigenvalue weighted by Crippen LogP contribution is -2.53. The van der Waals surface area contributed by atoms with Crippen molar-refractivity contribution in [1.82, 2.24) is 4.90 Å². The number of hydrogen-bond acceptors (Lipinski definition) is 5. The molecule has 1 aliphatic heterocycles. The van der Waals surface area contributed by atoms with Crippen LogP contribution in [0.4, 0.5) is 5.69 Å². The number of amides is 2. The second kappa shape index (κ2) is 11.8. The number of thiophene rings is 1. The summed E-state index contributed by atoms with van der Waals surface area (Å²) in [6.45, 7) is 11.0. The Kier molecular flexibility index (Phi) is 9.23. The summed E-state index contributed by atoms with van der Waals surface area (Å²) in [5, 5.41) is 10.0. The van der Waals surface area contributed by atoms with Crippen LogP contribution in [0, 0.1) is 29.1 Å². The molecule has 2 aliphatic rings. The molecule has 1 aromatic heterocycles. The molecule has 0 spiro atoms. The summed E-state index contributed by atoms with van der Waals surface area (Å²) in [6.07, 6.45) is 5.03. The standard InChI is InChI=1S/C28H40N2O5S/c1-18-7-9-20(10-8-18)26(32)30(19(2)25(31)29-15-12-21(35-6)13-16-29)23-17-22(11-14-28(3,4)5)36-24(23)27(33)34/h17-21H,7-10,12-13,15-16H2,1-6H3,(H,33,34)/t18?,19-,20?/m0/s1. The van der Waals surface area contributed by atoms with Gasteiger partial charge in [0.05, 0.1) is 16.7 Å². The van der Waals surface area contributed by atoms with Crippen LogP contribution in [0.3, 0.4) is 0 Å². The molecule has 0 bridgehead atoms. The van der Waals surface area contributed by atoms with Crippen LogP contribution in [0.25, 0.3) is 0 Å². The van der Waals surface area contributed by atoms with Gasteiger partial charge in [0.2, 0.25) is 11.8 Å². The molecule has 1 N–H and O–H groups in total. The van der Waals surface area contributed by atoms with Crippen LogP contribution in [0.5, 0.6) is 0 Å². The topological polar surface area (TPSA) is 87.2 Å². The first-order chi connectivity index (χ1) is 16.9. The van der Waals surface area contributed by atoms with Crippen LogP contribution in [-0.4, -0.2) is 60.1 Å². The van der Waals surface area contributed by atoms with E-state index in [-0.39, 0.29) is 39.8 Å². The van der Waals surface area contributed by atoms with Crippen molar-refractivity contribution in [1.29, 1.82) is 0 Å². The lowest BCUT2D eigenvalue weighted by molar-refractivity contribution is -0.137. The third-order valence-corrected chi connectivity index (χ3v) is 8.19. The molecule has 7 nitrogen and oxygen atoms in total. The van der Waals surface area contributed by atoms with Crippen LogP contribution in [0.1, 0.15) is 87.7 Å². The highest BCUT2D eigenvalue weighted by molar-refractivity contribution is 7.15. The molecular weight excluding hydrogens is 476 g/mol. The number of aromatic carboxylic acids is 1. The molecule has 1 saturated heterocycles. The van der Waals surface area contributed by atoms with Crippen molar-refractivity contribution in [2.24, 2.45) is 17.3 Å². The molecule has 0 unspecified atom stereocenters. The summed E-state index contributed by atoms with van der Waals surface area (Å²) in [5.74, 6) is 5.13. The van der Waals surface area contributed by atoms with E-state index < -0.39 is 12.0 Å². The number of piperidine rings is 1. The van der Waals surface area contributed by atoms with Crippen molar-refractivity contribution in [3.05, 3.63) is 15.8 Å². The zero-order valence-corrected chi connectivity index (χ0v) is 23.2. The fourth-order valence-electron chi connectivity index (χ4n) is 4.93. The Hall–Kier alpha value is -2.37. The van der Waals surface area contributed by atoms with Crippen molar-refractivity contribution in [3.8, 4) is 11.8 Å². The van der Waals surface area contributed by atoms with Gasteiger partial charge in [-0.15, -0.1) is 11.3 Å². The predicted octanol–water partition coefficient (Wildman–Crippen LogP) is 5.03. The average Bonchev–Trinajstić information content (AvgIpc) is 3.26. The van der Waals surface area contributed by atoms with E-state index >= 15 is 0 Å². The molecule has 1 atom stereocenters. The van der Waals surface area contributed by atoms with Crippen LogP contribution in [-0.2, 0) is 14.3 Å². The molecule has 0 radical (unpaired) electrons. The molecule has 36 heavy (non-hydrogen) atoms. The van der Waals surface area contributed by atoms with Crippen molar-refractivity contribution < 1.29 is 24.2 Å². The van der Waals surface area contributed by atoms with Gasteiger partial charge in [-0.3, -0.25) is 14.5 Å². The monoisotopic (exact) mass is 516 g/mol. The quantitative estimate of drug-likeness (QED) is 0.536. The Labute approximate surface area is 219 Å². The summed E-state index contributed by atoms with van der Waals surface area (Å²) < 4.78 is 5.44. The minimum atomic E-state index is -1.12. The predicted molar refractivity (Wildman–Crippen MR) is 142 cm³/mol. The summed E-state index contributed by atoms with van der Waals surface area (Å²) in [7, 11) is 1.68. The number of nitrogens with zero attached hydrogens (tertiary/aromatic N) is 2. The average molecular weight is 517 g/mol. The number of anilines is 1. The number of likely N-dealkylation sites (tertiary alicyclic amines) is 1. The first kappa shape index (κ1) is 28.2. The van der Waals surface area contributed by atoms with E-state index in [1.807, 2.05) is 20.8 Å². The van der Waals surface area contributed by atoms with Gasteiger partial charge in [-0.05, 0) is 78.2 Å². The third-order valence-electron chi connectivity index (χ3n) is 7.16. The zero-order valence-electron chi connectivity index (χ0n) is 22.4. The van der Waals surface area contributed by atoms with E-state index in [2.05, 4.69) is 18.8 Å². The van der Waals surface area contributed by atoms with Crippen molar-refractivity contribution >= 4 is 34.8 Å². The number of rotatable bonds is 6. The first-order valence-corrected chi connectivity index (χ1v) is 13.8. The van der Waals surface area contributed by atoms with Gasteiger partial charge < -0.3 is 14.7 Å². The maximum Gasteiger partial charge on any atom is 0.348 e. The maximum atomic E-state index is 13.9. The summed E-state index contributed by atoms with van der Waals surface area (Å²) in [5.41, 5.74) is 0.0290. The van der Waals surface area contributed by atoms with Gasteiger partial charge in [0.1, 0.15) is 10.9 Å². The molecule has 198 valence electrons. The Morgan fingerprint density at radius 2 is 1.75 bits per heavy atom. The number of ether oxygens (including phenoxy) is 1. The highest BCUT2D eigenvalue weighted by Crippen LogP contribution is 2.36. The molecular formula is C28H40N2O5S. The van der Waals surface area contributed by atoms with E-state index in [1.54, 1.807) is 25.0 Å². The fraction of sp³-hybridized carbons (Fsp3) is 0.679. The Morgan fingerprint density at radius 3 is 2.28 bits per heavy atom. The minimum absolute atomic E-state index is 0.0449. The van der Waals surface area contributed by atoms with Gasteiger partial charge in [-0.25, -0.2) is 4.79 Å². The lowest BCUT2D eigenvalue weighted by atomic mass is 9.82. The normalized spacial score (nSPS) is 21.9. The maximum absolute atomic E-state index is 13.9. The van der Waals surface area contributed by atoms with Gasteiger partial charge >= 0.3 is 5.97 Å². The van der Waals surface area contributed by atoms with Gasteiger partial charge in [-0.2, -0.15) is 0 Å². The molecule has 2 fully saturated rings. The zero-order chi connectivity index (χ0) is 26.6. The summed E-state index contributed by atoms with van der Waals surface area (Å²) in [6, 6.07) is 0.865. The van der Waals surface area contributed by atoms with Gasteiger partial charge in [0.15, 0.2) is 0 Å². The molecule has 3 rings (SSSR count). The molecule has 1 saturated carbocycles. The summed E-state index contributed by atoms with van der Waals surface area (Å²) in [4.78, 5) is 43.7. The van der Waals surface area contributed by atoms with Gasteiger partial charge in [-0.1, -0.05) is 18.8 Å². The number of carbonyl (C=O) groups excluding carboxylic acids is 2. The third kappa shape index (κ3) is 6.89. The second-order valence-corrected chi connectivity index (χ2v) is 12.3. The molecule has 1 aromatic rings. The lowest BCUT2D eigenvalue weighted by Gasteiger charge is -2.38. The van der Waals surface area contributed by atoms with E-state index in [0.29, 0.717) is 23.9 Å². The van der Waals surface area contributed by atoms with Crippen molar-refractivity contribution in [3.63, 3.8) is 0 Å². The van der Waals surface area contributed by atoms with Crippen LogP contribution in [0.2, 0.25) is 0 Å². The minimum Gasteiger partial charge on any atom is -0.477 e. The fourth-order valence-corrected chi connectivity index (χ4v) is 5.77. The van der Waals surface area contributed by atoms with Crippen LogP contribution in [0.15, 0.2) is 6.07 Å². The van der Waals surface area contributed by atoms with Gasteiger partial charge in [0, 0.05) is 31.5 Å². The number of carbonyl (C=O) groups is 3. The molecule has 2 heterocycles.